The Bertz CT molecular complexity index is 475. The summed E-state index contributed by atoms with van der Waals surface area (Å²) in [5, 5.41) is 22.1. The largest absolute Gasteiger partial charge is 0.496 e. The molecule has 5 nitrogen and oxygen atoms in total. The topological polar surface area (TPSA) is 78.8 Å². The van der Waals surface area contributed by atoms with Gasteiger partial charge in [-0.25, -0.2) is 0 Å². The number of benzene rings is 1. The standard InChI is InChI=1S/C14H19NO4/c1-8-3-4-9(13(5-8)19-2)11-6-12(16)10(7-15-11)14(17)18/h3-5,10-12,15-16H,6-7H2,1-2H3,(H,17,18). The molecule has 5 heteroatoms. The maximum Gasteiger partial charge on any atom is 0.310 e. The summed E-state index contributed by atoms with van der Waals surface area (Å²) >= 11 is 0. The van der Waals surface area contributed by atoms with Crippen molar-refractivity contribution in [3.05, 3.63) is 29.3 Å². The Hall–Kier alpha value is -1.59. The summed E-state index contributed by atoms with van der Waals surface area (Å²) in [7, 11) is 1.61. The second kappa shape index (κ2) is 5.59. The molecule has 0 amide bonds. The number of aliphatic hydroxyl groups is 1. The highest BCUT2D eigenvalue weighted by molar-refractivity contribution is 5.71. The van der Waals surface area contributed by atoms with Crippen LogP contribution in [0.4, 0.5) is 0 Å². The number of carboxylic acid groups (broad SMARTS) is 1. The SMILES string of the molecule is COc1cc(C)ccc1C1CC(O)C(C(=O)O)CN1. The lowest BCUT2D eigenvalue weighted by Gasteiger charge is -2.32. The van der Waals surface area contributed by atoms with E-state index >= 15 is 0 Å². The van der Waals surface area contributed by atoms with Crippen LogP contribution in [-0.2, 0) is 4.79 Å². The van der Waals surface area contributed by atoms with E-state index in [-0.39, 0.29) is 12.6 Å². The van der Waals surface area contributed by atoms with E-state index in [9.17, 15) is 9.90 Å². The average Bonchev–Trinajstić information content (AvgIpc) is 2.37. The molecule has 1 saturated heterocycles. The normalized spacial score (nSPS) is 27.0. The van der Waals surface area contributed by atoms with Crippen LogP contribution < -0.4 is 10.1 Å². The van der Waals surface area contributed by atoms with Crippen molar-refractivity contribution in [3.63, 3.8) is 0 Å². The first kappa shape index (κ1) is 13.8. The van der Waals surface area contributed by atoms with Crippen molar-refractivity contribution < 1.29 is 19.7 Å². The predicted molar refractivity (Wildman–Crippen MR) is 70.2 cm³/mol. The Labute approximate surface area is 112 Å². The average molecular weight is 265 g/mol. The van der Waals surface area contributed by atoms with Gasteiger partial charge in [-0.1, -0.05) is 12.1 Å². The molecule has 1 aromatic carbocycles. The van der Waals surface area contributed by atoms with Gasteiger partial charge in [0.2, 0.25) is 0 Å². The molecule has 2 rings (SSSR count). The zero-order valence-electron chi connectivity index (χ0n) is 11.1. The molecule has 0 bridgehead atoms. The van der Waals surface area contributed by atoms with Crippen LogP contribution in [0.3, 0.4) is 0 Å². The maximum atomic E-state index is 11.0. The summed E-state index contributed by atoms with van der Waals surface area (Å²) in [4.78, 5) is 11.0. The molecule has 3 N–H and O–H groups in total. The zero-order chi connectivity index (χ0) is 14.0. The smallest absolute Gasteiger partial charge is 0.310 e. The van der Waals surface area contributed by atoms with Gasteiger partial charge in [0, 0.05) is 18.2 Å². The van der Waals surface area contributed by atoms with E-state index in [0.717, 1.165) is 16.9 Å². The monoisotopic (exact) mass is 265 g/mol. The van der Waals surface area contributed by atoms with E-state index in [1.165, 1.54) is 0 Å². The fourth-order valence-electron chi connectivity index (χ4n) is 2.49. The highest BCUT2D eigenvalue weighted by Crippen LogP contribution is 2.32. The molecule has 3 unspecified atom stereocenters. The molecule has 0 aliphatic carbocycles. The number of nitrogens with one attached hydrogen (secondary N) is 1. The van der Waals surface area contributed by atoms with E-state index in [1.807, 2.05) is 25.1 Å². The summed E-state index contributed by atoms with van der Waals surface area (Å²) in [6.45, 7) is 2.24. The van der Waals surface area contributed by atoms with Crippen LogP contribution >= 0.6 is 0 Å². The van der Waals surface area contributed by atoms with Crippen molar-refractivity contribution in [1.29, 1.82) is 0 Å². The minimum Gasteiger partial charge on any atom is -0.496 e. The number of methoxy groups -OCH3 is 1. The fourth-order valence-corrected chi connectivity index (χ4v) is 2.49. The van der Waals surface area contributed by atoms with E-state index in [2.05, 4.69) is 5.32 Å². The molecule has 1 fully saturated rings. The van der Waals surface area contributed by atoms with Crippen LogP contribution in [0.1, 0.15) is 23.6 Å². The Morgan fingerprint density at radius 1 is 1.47 bits per heavy atom. The molecular formula is C14H19NO4. The van der Waals surface area contributed by atoms with Crippen molar-refractivity contribution in [3.8, 4) is 5.75 Å². The lowest BCUT2D eigenvalue weighted by molar-refractivity contribution is -0.147. The molecule has 0 radical (unpaired) electrons. The van der Waals surface area contributed by atoms with Crippen LogP contribution in [0.2, 0.25) is 0 Å². The van der Waals surface area contributed by atoms with Gasteiger partial charge in [-0.15, -0.1) is 0 Å². The molecule has 3 atom stereocenters. The predicted octanol–water partition coefficient (Wildman–Crippen LogP) is 1.10. The first-order valence-corrected chi connectivity index (χ1v) is 6.31. The lowest BCUT2D eigenvalue weighted by Crippen LogP contribution is -2.45. The highest BCUT2D eigenvalue weighted by Gasteiger charge is 2.34. The summed E-state index contributed by atoms with van der Waals surface area (Å²) in [6, 6.07) is 5.79. The number of aliphatic carboxylic acids is 1. The maximum absolute atomic E-state index is 11.0. The minimum atomic E-state index is -0.964. The van der Waals surface area contributed by atoms with Gasteiger partial charge in [0.1, 0.15) is 5.75 Å². The number of hydrogen-bond donors (Lipinski definition) is 3. The molecule has 1 aliphatic heterocycles. The van der Waals surface area contributed by atoms with Crippen molar-refractivity contribution in [1.82, 2.24) is 5.32 Å². The molecule has 0 spiro atoms. The summed E-state index contributed by atoms with van der Waals surface area (Å²) in [5.74, 6) is -0.944. The number of hydrogen-bond acceptors (Lipinski definition) is 4. The van der Waals surface area contributed by atoms with Gasteiger partial charge in [-0.05, 0) is 25.0 Å². The van der Waals surface area contributed by atoms with Crippen LogP contribution in [0.5, 0.6) is 5.75 Å². The minimum absolute atomic E-state index is 0.0823. The third-order valence-electron chi connectivity index (χ3n) is 3.61. The molecule has 19 heavy (non-hydrogen) atoms. The Morgan fingerprint density at radius 2 is 2.21 bits per heavy atom. The molecule has 1 aliphatic rings. The van der Waals surface area contributed by atoms with Gasteiger partial charge in [0.15, 0.2) is 0 Å². The van der Waals surface area contributed by atoms with Crippen LogP contribution in [0.25, 0.3) is 0 Å². The number of aliphatic hydroxyl groups excluding tert-OH is 1. The fraction of sp³-hybridized carbons (Fsp3) is 0.500. The Morgan fingerprint density at radius 3 is 2.79 bits per heavy atom. The molecule has 0 aromatic heterocycles. The van der Waals surface area contributed by atoms with Gasteiger partial charge in [-0.3, -0.25) is 4.79 Å². The van der Waals surface area contributed by atoms with Crippen LogP contribution in [-0.4, -0.2) is 35.9 Å². The summed E-state index contributed by atoms with van der Waals surface area (Å²) in [5.41, 5.74) is 2.05. The van der Waals surface area contributed by atoms with Gasteiger partial charge in [-0.2, -0.15) is 0 Å². The molecule has 0 saturated carbocycles. The van der Waals surface area contributed by atoms with Gasteiger partial charge >= 0.3 is 5.97 Å². The second-order valence-electron chi connectivity index (χ2n) is 4.95. The second-order valence-corrected chi connectivity index (χ2v) is 4.95. The van der Waals surface area contributed by atoms with Gasteiger partial charge in [0.25, 0.3) is 0 Å². The number of rotatable bonds is 3. The number of aryl methyl sites for hydroxylation is 1. The summed E-state index contributed by atoms with van der Waals surface area (Å²) in [6.07, 6.45) is -0.467. The van der Waals surface area contributed by atoms with E-state index < -0.39 is 18.0 Å². The van der Waals surface area contributed by atoms with Gasteiger partial charge < -0.3 is 20.3 Å². The van der Waals surface area contributed by atoms with Crippen LogP contribution in [0, 0.1) is 12.8 Å². The molecule has 1 aromatic rings. The first-order valence-electron chi connectivity index (χ1n) is 6.31. The first-order chi connectivity index (χ1) is 9.02. The third-order valence-corrected chi connectivity index (χ3v) is 3.61. The lowest BCUT2D eigenvalue weighted by atomic mass is 9.88. The quantitative estimate of drug-likeness (QED) is 0.762. The molecular weight excluding hydrogens is 246 g/mol. The third kappa shape index (κ3) is 2.88. The molecule has 1 heterocycles. The van der Waals surface area contributed by atoms with Crippen molar-refractivity contribution >= 4 is 5.97 Å². The van der Waals surface area contributed by atoms with Crippen molar-refractivity contribution in [2.24, 2.45) is 5.92 Å². The van der Waals surface area contributed by atoms with E-state index in [1.54, 1.807) is 7.11 Å². The zero-order valence-corrected chi connectivity index (χ0v) is 11.1. The molecule has 104 valence electrons. The van der Waals surface area contributed by atoms with E-state index in [4.69, 9.17) is 9.84 Å². The van der Waals surface area contributed by atoms with Crippen molar-refractivity contribution in [2.75, 3.05) is 13.7 Å². The Kier molecular flexibility index (Phi) is 4.07. The highest BCUT2D eigenvalue weighted by atomic mass is 16.5. The van der Waals surface area contributed by atoms with Gasteiger partial charge in [0.05, 0.1) is 19.1 Å². The van der Waals surface area contributed by atoms with Crippen LogP contribution in [0.15, 0.2) is 18.2 Å². The summed E-state index contributed by atoms with van der Waals surface area (Å²) < 4.78 is 5.35. The Balaban J connectivity index is 2.18. The number of piperidine rings is 1. The van der Waals surface area contributed by atoms with E-state index in [0.29, 0.717) is 6.42 Å². The number of carbonyl (C=O) groups is 1. The van der Waals surface area contributed by atoms with Crippen molar-refractivity contribution in [2.45, 2.75) is 25.5 Å². The number of ether oxygens (including phenoxy) is 1. The number of carboxylic acids is 1.